The fourth-order valence-electron chi connectivity index (χ4n) is 1.73. The lowest BCUT2D eigenvalue weighted by atomic mass is 10.3. The summed E-state index contributed by atoms with van der Waals surface area (Å²) in [6.45, 7) is 4.28. The van der Waals surface area contributed by atoms with Crippen LogP contribution in [0.3, 0.4) is 0 Å². The van der Waals surface area contributed by atoms with E-state index in [1.165, 1.54) is 10.4 Å². The SMILES string of the molecule is Cc1csc(-c2nnc3n2CCOC3)c1. The monoisotopic (exact) mass is 221 g/mol. The molecule has 0 bridgehead atoms. The molecule has 0 unspecified atom stereocenters. The largest absolute Gasteiger partial charge is 0.372 e. The fourth-order valence-corrected chi connectivity index (χ4v) is 2.62. The number of rotatable bonds is 1. The third kappa shape index (κ3) is 1.48. The van der Waals surface area contributed by atoms with Crippen molar-refractivity contribution in [2.24, 2.45) is 0 Å². The van der Waals surface area contributed by atoms with Gasteiger partial charge in [-0.3, -0.25) is 0 Å². The number of nitrogens with zero attached hydrogens (tertiary/aromatic N) is 3. The zero-order valence-electron chi connectivity index (χ0n) is 8.43. The molecule has 0 saturated carbocycles. The maximum absolute atomic E-state index is 5.33. The summed E-state index contributed by atoms with van der Waals surface area (Å²) in [4.78, 5) is 1.19. The molecule has 0 aliphatic carbocycles. The first kappa shape index (κ1) is 9.06. The summed E-state index contributed by atoms with van der Waals surface area (Å²) < 4.78 is 7.48. The van der Waals surface area contributed by atoms with Gasteiger partial charge in [0, 0.05) is 6.54 Å². The van der Waals surface area contributed by atoms with Crippen molar-refractivity contribution < 1.29 is 4.74 Å². The molecule has 0 amide bonds. The van der Waals surface area contributed by atoms with Gasteiger partial charge in [0.1, 0.15) is 6.61 Å². The molecule has 15 heavy (non-hydrogen) atoms. The summed E-state index contributed by atoms with van der Waals surface area (Å²) in [5, 5.41) is 10.5. The molecule has 2 aromatic rings. The summed E-state index contributed by atoms with van der Waals surface area (Å²) in [5.74, 6) is 1.91. The minimum atomic E-state index is 0.581. The van der Waals surface area contributed by atoms with Crippen molar-refractivity contribution >= 4 is 11.3 Å². The molecule has 0 aromatic carbocycles. The Labute approximate surface area is 91.5 Å². The highest BCUT2D eigenvalue weighted by molar-refractivity contribution is 7.13. The van der Waals surface area contributed by atoms with E-state index < -0.39 is 0 Å². The predicted octanol–water partition coefficient (Wildman–Crippen LogP) is 1.85. The molecular formula is C10H11N3OS. The normalized spacial score (nSPS) is 15.3. The molecule has 5 heteroatoms. The fraction of sp³-hybridized carbons (Fsp3) is 0.400. The van der Waals surface area contributed by atoms with Crippen molar-refractivity contribution in [1.29, 1.82) is 0 Å². The summed E-state index contributed by atoms with van der Waals surface area (Å²) in [6.07, 6.45) is 0. The number of fused-ring (bicyclic) bond motifs is 1. The van der Waals surface area contributed by atoms with E-state index in [2.05, 4.69) is 33.1 Å². The summed E-state index contributed by atoms with van der Waals surface area (Å²) >= 11 is 1.72. The molecule has 0 fully saturated rings. The van der Waals surface area contributed by atoms with E-state index >= 15 is 0 Å². The molecule has 4 nitrogen and oxygen atoms in total. The molecule has 3 rings (SSSR count). The number of hydrogen-bond donors (Lipinski definition) is 0. The Morgan fingerprint density at radius 2 is 2.40 bits per heavy atom. The van der Waals surface area contributed by atoms with Crippen molar-refractivity contribution in [2.75, 3.05) is 6.61 Å². The lowest BCUT2D eigenvalue weighted by Gasteiger charge is -2.14. The molecule has 0 saturated heterocycles. The van der Waals surface area contributed by atoms with Gasteiger partial charge in [-0.05, 0) is 23.9 Å². The Balaban J connectivity index is 2.08. The highest BCUT2D eigenvalue weighted by atomic mass is 32.1. The van der Waals surface area contributed by atoms with Crippen molar-refractivity contribution in [1.82, 2.24) is 14.8 Å². The molecular weight excluding hydrogens is 210 g/mol. The average Bonchev–Trinajstić information content (AvgIpc) is 2.83. The van der Waals surface area contributed by atoms with Crippen LogP contribution >= 0.6 is 11.3 Å². The smallest absolute Gasteiger partial charge is 0.174 e. The average molecular weight is 221 g/mol. The molecule has 78 valence electrons. The molecule has 0 N–H and O–H groups in total. The van der Waals surface area contributed by atoms with Crippen LogP contribution in [0.5, 0.6) is 0 Å². The zero-order chi connectivity index (χ0) is 10.3. The van der Waals surface area contributed by atoms with E-state index in [9.17, 15) is 0 Å². The van der Waals surface area contributed by atoms with Gasteiger partial charge < -0.3 is 9.30 Å². The molecule has 0 spiro atoms. The Bertz CT molecular complexity index is 489. The standard InChI is InChI=1S/C10H11N3OS/c1-7-4-8(15-6-7)10-12-11-9-5-14-3-2-13(9)10/h4,6H,2-3,5H2,1H3. The minimum absolute atomic E-state index is 0.581. The predicted molar refractivity (Wildman–Crippen MR) is 57.7 cm³/mol. The van der Waals surface area contributed by atoms with Crippen LogP contribution in [-0.4, -0.2) is 21.4 Å². The van der Waals surface area contributed by atoms with Crippen molar-refractivity contribution in [3.05, 3.63) is 22.8 Å². The van der Waals surface area contributed by atoms with Crippen LogP contribution in [0.4, 0.5) is 0 Å². The van der Waals surface area contributed by atoms with Crippen LogP contribution in [0.15, 0.2) is 11.4 Å². The summed E-state index contributed by atoms with van der Waals surface area (Å²) in [6, 6.07) is 2.15. The topological polar surface area (TPSA) is 39.9 Å². The van der Waals surface area contributed by atoms with Gasteiger partial charge in [0.2, 0.25) is 0 Å². The summed E-state index contributed by atoms with van der Waals surface area (Å²) in [7, 11) is 0. The van der Waals surface area contributed by atoms with Crippen LogP contribution in [0, 0.1) is 6.92 Å². The molecule has 3 heterocycles. The van der Waals surface area contributed by atoms with Crippen LogP contribution in [0.25, 0.3) is 10.7 Å². The van der Waals surface area contributed by atoms with E-state index in [1.54, 1.807) is 11.3 Å². The number of ether oxygens (including phenoxy) is 1. The maximum atomic E-state index is 5.33. The van der Waals surface area contributed by atoms with Gasteiger partial charge in [-0.1, -0.05) is 0 Å². The zero-order valence-corrected chi connectivity index (χ0v) is 9.25. The Kier molecular flexibility index (Phi) is 2.07. The van der Waals surface area contributed by atoms with Crippen LogP contribution in [0.1, 0.15) is 11.4 Å². The van der Waals surface area contributed by atoms with E-state index in [4.69, 9.17) is 4.74 Å². The quantitative estimate of drug-likeness (QED) is 0.737. The Morgan fingerprint density at radius 1 is 1.47 bits per heavy atom. The maximum Gasteiger partial charge on any atom is 0.174 e. The lowest BCUT2D eigenvalue weighted by Crippen LogP contribution is -2.17. The van der Waals surface area contributed by atoms with Gasteiger partial charge in [0.05, 0.1) is 11.5 Å². The highest BCUT2D eigenvalue weighted by Crippen LogP contribution is 2.26. The van der Waals surface area contributed by atoms with Gasteiger partial charge in [-0.2, -0.15) is 0 Å². The number of aryl methyl sites for hydroxylation is 1. The van der Waals surface area contributed by atoms with Gasteiger partial charge in [0.25, 0.3) is 0 Å². The molecule has 0 radical (unpaired) electrons. The third-order valence-electron chi connectivity index (χ3n) is 2.47. The second-order valence-electron chi connectivity index (χ2n) is 3.63. The van der Waals surface area contributed by atoms with E-state index in [0.717, 1.165) is 24.8 Å². The first-order valence-electron chi connectivity index (χ1n) is 4.90. The minimum Gasteiger partial charge on any atom is -0.372 e. The molecule has 0 atom stereocenters. The number of hydrogen-bond acceptors (Lipinski definition) is 4. The molecule has 1 aliphatic heterocycles. The highest BCUT2D eigenvalue weighted by Gasteiger charge is 2.17. The first-order valence-corrected chi connectivity index (χ1v) is 5.78. The van der Waals surface area contributed by atoms with Gasteiger partial charge in [0.15, 0.2) is 11.6 Å². The molecule has 2 aromatic heterocycles. The second-order valence-corrected chi connectivity index (χ2v) is 4.54. The number of aromatic nitrogens is 3. The van der Waals surface area contributed by atoms with Crippen LogP contribution < -0.4 is 0 Å². The van der Waals surface area contributed by atoms with Gasteiger partial charge >= 0.3 is 0 Å². The first-order chi connectivity index (χ1) is 7.34. The second kappa shape index (κ2) is 3.43. The van der Waals surface area contributed by atoms with E-state index in [0.29, 0.717) is 6.61 Å². The van der Waals surface area contributed by atoms with Crippen LogP contribution in [0.2, 0.25) is 0 Å². The molecule has 1 aliphatic rings. The van der Waals surface area contributed by atoms with Crippen molar-refractivity contribution in [2.45, 2.75) is 20.1 Å². The Hall–Kier alpha value is -1.20. The van der Waals surface area contributed by atoms with E-state index in [-0.39, 0.29) is 0 Å². The number of thiophene rings is 1. The lowest BCUT2D eigenvalue weighted by molar-refractivity contribution is 0.0821. The van der Waals surface area contributed by atoms with Gasteiger partial charge in [-0.25, -0.2) is 0 Å². The Morgan fingerprint density at radius 3 is 3.20 bits per heavy atom. The van der Waals surface area contributed by atoms with Crippen molar-refractivity contribution in [3.63, 3.8) is 0 Å². The summed E-state index contributed by atoms with van der Waals surface area (Å²) in [5.41, 5.74) is 1.28. The van der Waals surface area contributed by atoms with E-state index in [1.807, 2.05) is 0 Å². The third-order valence-corrected chi connectivity index (χ3v) is 3.51. The van der Waals surface area contributed by atoms with Gasteiger partial charge in [-0.15, -0.1) is 21.5 Å². The van der Waals surface area contributed by atoms with Crippen molar-refractivity contribution in [3.8, 4) is 10.7 Å². The van der Waals surface area contributed by atoms with Crippen LogP contribution in [-0.2, 0) is 17.9 Å².